The molecule has 0 aliphatic rings. The van der Waals surface area contributed by atoms with Crippen LogP contribution in [0.15, 0.2) is 24.3 Å². The van der Waals surface area contributed by atoms with Gasteiger partial charge in [0.25, 0.3) is 0 Å². The Morgan fingerprint density at radius 1 is 1.00 bits per heavy atom. The third-order valence-corrected chi connectivity index (χ3v) is 8.31. The molecule has 2 aromatic heterocycles. The van der Waals surface area contributed by atoms with Crippen LogP contribution in [0.2, 0.25) is 19.6 Å². The molecule has 0 N–H and O–H groups in total. The monoisotopic (exact) mass is 304 g/mol. The van der Waals surface area contributed by atoms with E-state index in [0.717, 1.165) is 14.6 Å². The molecule has 0 unspecified atom stereocenters. The zero-order valence-electron chi connectivity index (χ0n) is 11.5. The number of carbonyl (C=O) groups is 1. The molecule has 0 bridgehead atoms. The second kappa shape index (κ2) is 5.46. The Labute approximate surface area is 123 Å². The number of hydrogen-bond donors (Lipinski definition) is 0. The lowest BCUT2D eigenvalue weighted by Crippen LogP contribution is -2.34. The van der Waals surface area contributed by atoms with Crippen molar-refractivity contribution in [2.24, 2.45) is 0 Å². The summed E-state index contributed by atoms with van der Waals surface area (Å²) in [5, 5.41) is 0. The number of ketones is 1. The molecule has 2 rings (SSSR count). The molecule has 19 heavy (non-hydrogen) atoms. The highest BCUT2D eigenvalue weighted by Crippen LogP contribution is 2.17. The third kappa shape index (κ3) is 3.66. The summed E-state index contributed by atoms with van der Waals surface area (Å²) in [7, 11) is -1.22. The van der Waals surface area contributed by atoms with Crippen LogP contribution in [-0.4, -0.2) is 13.9 Å². The van der Waals surface area contributed by atoms with Crippen molar-refractivity contribution >= 4 is 41.0 Å². The van der Waals surface area contributed by atoms with Gasteiger partial charge in [0.2, 0.25) is 0 Å². The predicted octanol–water partition coefficient (Wildman–Crippen LogP) is 3.96. The number of hydrogen-bond acceptors (Lipinski definition) is 3. The second-order valence-electron chi connectivity index (χ2n) is 5.38. The lowest BCUT2D eigenvalue weighted by atomic mass is 10.3. The minimum Gasteiger partial charge on any atom is -0.294 e. The summed E-state index contributed by atoms with van der Waals surface area (Å²) in [4.78, 5) is 14.1. The van der Waals surface area contributed by atoms with Gasteiger partial charge in [0, 0.05) is 0 Å². The molecule has 0 aliphatic carbocycles. The maximum atomic E-state index is 11.2. The first kappa shape index (κ1) is 14.3. The van der Waals surface area contributed by atoms with E-state index < -0.39 is 8.07 Å². The molecule has 98 valence electrons. The van der Waals surface area contributed by atoms with E-state index in [1.807, 2.05) is 12.1 Å². The molecule has 0 saturated heterocycles. The van der Waals surface area contributed by atoms with Gasteiger partial charge in [0.05, 0.1) is 22.7 Å². The molecular formula is C15H16OS2Si. The van der Waals surface area contributed by atoms with Gasteiger partial charge in [-0.15, -0.1) is 22.7 Å². The summed E-state index contributed by atoms with van der Waals surface area (Å²) in [6, 6.07) is 8.07. The van der Waals surface area contributed by atoms with E-state index in [1.165, 1.54) is 15.8 Å². The third-order valence-electron chi connectivity index (χ3n) is 2.61. The Hall–Kier alpha value is -1.15. The molecule has 1 nitrogen and oxygen atoms in total. The number of Topliss-reactive ketones (excluding diaryl/α,β-unsaturated/α-hetero) is 1. The fourth-order valence-corrected chi connectivity index (χ4v) is 5.03. The summed E-state index contributed by atoms with van der Waals surface area (Å²) >= 11 is 3.26. The van der Waals surface area contributed by atoms with Gasteiger partial charge < -0.3 is 0 Å². The molecule has 0 aliphatic heterocycles. The standard InChI is InChI=1S/C15H16OS2Si/c1-11(16)14-9-7-12(17-14)5-6-13-8-10-15(18-13)19(2,3)4/h7-10H,1-4H3. The Balaban J connectivity index is 2.19. The van der Waals surface area contributed by atoms with E-state index in [9.17, 15) is 4.79 Å². The summed E-state index contributed by atoms with van der Waals surface area (Å²) < 4.78 is 1.48. The van der Waals surface area contributed by atoms with Crippen LogP contribution in [0.5, 0.6) is 0 Å². The first-order chi connectivity index (χ1) is 8.86. The van der Waals surface area contributed by atoms with Gasteiger partial charge in [-0.2, -0.15) is 0 Å². The van der Waals surface area contributed by atoms with E-state index in [4.69, 9.17) is 0 Å². The van der Waals surface area contributed by atoms with Crippen molar-refractivity contribution in [2.45, 2.75) is 26.6 Å². The maximum Gasteiger partial charge on any atom is 0.169 e. The van der Waals surface area contributed by atoms with Gasteiger partial charge in [-0.1, -0.05) is 25.7 Å². The number of thiophene rings is 2. The molecule has 0 atom stereocenters. The molecule has 0 fully saturated rings. The molecular weight excluding hydrogens is 288 g/mol. The maximum absolute atomic E-state index is 11.2. The Morgan fingerprint density at radius 2 is 1.58 bits per heavy atom. The predicted molar refractivity (Wildman–Crippen MR) is 87.6 cm³/mol. The van der Waals surface area contributed by atoms with Gasteiger partial charge in [-0.25, -0.2) is 0 Å². The first-order valence-electron chi connectivity index (χ1n) is 6.09. The van der Waals surface area contributed by atoms with Crippen LogP contribution in [0.1, 0.15) is 26.3 Å². The molecule has 0 aromatic carbocycles. The zero-order valence-corrected chi connectivity index (χ0v) is 14.2. The number of carbonyl (C=O) groups excluding carboxylic acids is 1. The van der Waals surface area contributed by atoms with E-state index >= 15 is 0 Å². The van der Waals surface area contributed by atoms with Crippen LogP contribution in [-0.2, 0) is 0 Å². The van der Waals surface area contributed by atoms with Gasteiger partial charge in [0.1, 0.15) is 0 Å². The lowest BCUT2D eigenvalue weighted by molar-refractivity contribution is 0.102. The highest BCUT2D eigenvalue weighted by atomic mass is 32.1. The van der Waals surface area contributed by atoms with Crippen molar-refractivity contribution in [3.05, 3.63) is 38.9 Å². The van der Waals surface area contributed by atoms with Crippen molar-refractivity contribution in [1.82, 2.24) is 0 Å². The normalized spacial score (nSPS) is 10.9. The Morgan fingerprint density at radius 3 is 2.05 bits per heavy atom. The topological polar surface area (TPSA) is 17.1 Å². The van der Waals surface area contributed by atoms with Gasteiger partial charge in [0.15, 0.2) is 5.78 Å². The molecule has 2 heterocycles. The molecule has 0 spiro atoms. The van der Waals surface area contributed by atoms with Gasteiger partial charge in [-0.3, -0.25) is 4.79 Å². The van der Waals surface area contributed by atoms with Crippen molar-refractivity contribution in [1.29, 1.82) is 0 Å². The fourth-order valence-electron chi connectivity index (χ4n) is 1.53. The van der Waals surface area contributed by atoms with E-state index in [-0.39, 0.29) is 5.78 Å². The van der Waals surface area contributed by atoms with E-state index in [0.29, 0.717) is 0 Å². The Kier molecular flexibility index (Phi) is 4.09. The van der Waals surface area contributed by atoms with Gasteiger partial charge in [-0.05, 0) is 41.5 Å². The SMILES string of the molecule is CC(=O)c1ccc(C#Cc2ccc([Si](C)(C)C)s2)s1. The van der Waals surface area contributed by atoms with Crippen molar-refractivity contribution in [3.63, 3.8) is 0 Å². The molecule has 0 saturated carbocycles. The molecule has 0 radical (unpaired) electrons. The second-order valence-corrected chi connectivity index (χ2v) is 13.0. The lowest BCUT2D eigenvalue weighted by Gasteiger charge is -2.11. The van der Waals surface area contributed by atoms with Crippen molar-refractivity contribution in [2.75, 3.05) is 0 Å². The summed E-state index contributed by atoms with van der Waals surface area (Å²) in [6.45, 7) is 8.61. The average Bonchev–Trinajstić information content (AvgIpc) is 2.95. The highest BCUT2D eigenvalue weighted by Gasteiger charge is 2.18. The van der Waals surface area contributed by atoms with Crippen LogP contribution in [0.25, 0.3) is 0 Å². The molecule has 0 amide bonds. The largest absolute Gasteiger partial charge is 0.294 e. The van der Waals surface area contributed by atoms with Crippen LogP contribution in [0, 0.1) is 11.8 Å². The van der Waals surface area contributed by atoms with E-state index in [1.54, 1.807) is 18.3 Å². The smallest absolute Gasteiger partial charge is 0.169 e. The zero-order chi connectivity index (χ0) is 14.0. The van der Waals surface area contributed by atoms with Crippen LogP contribution in [0.4, 0.5) is 0 Å². The van der Waals surface area contributed by atoms with E-state index in [2.05, 4.69) is 43.6 Å². The van der Waals surface area contributed by atoms with Crippen LogP contribution in [0.3, 0.4) is 0 Å². The molecule has 2 aromatic rings. The summed E-state index contributed by atoms with van der Waals surface area (Å²) in [5.41, 5.74) is 0. The summed E-state index contributed by atoms with van der Waals surface area (Å²) in [6.07, 6.45) is 0. The Bertz CT molecular complexity index is 662. The average molecular weight is 305 g/mol. The van der Waals surface area contributed by atoms with Crippen molar-refractivity contribution < 1.29 is 4.79 Å². The van der Waals surface area contributed by atoms with Crippen molar-refractivity contribution in [3.8, 4) is 11.8 Å². The molecule has 4 heteroatoms. The van der Waals surface area contributed by atoms with Gasteiger partial charge >= 0.3 is 0 Å². The highest BCUT2D eigenvalue weighted by molar-refractivity contribution is 7.26. The fraction of sp³-hybridized carbons (Fsp3) is 0.267. The minimum absolute atomic E-state index is 0.107. The van der Waals surface area contributed by atoms with Crippen LogP contribution < -0.4 is 4.50 Å². The summed E-state index contributed by atoms with van der Waals surface area (Å²) in [5.74, 6) is 6.45. The quantitative estimate of drug-likeness (QED) is 0.466. The first-order valence-corrected chi connectivity index (χ1v) is 11.2. The minimum atomic E-state index is -1.22. The number of rotatable bonds is 2. The van der Waals surface area contributed by atoms with Crippen LogP contribution >= 0.6 is 22.7 Å².